The second-order valence-electron chi connectivity index (χ2n) is 9.92. The number of hydrogen-bond donors (Lipinski definition) is 2. The van der Waals surface area contributed by atoms with Crippen LogP contribution >= 0.6 is 0 Å². The van der Waals surface area contributed by atoms with Crippen molar-refractivity contribution in [2.24, 2.45) is 0 Å². The minimum Gasteiger partial charge on any atom is -0.496 e. The van der Waals surface area contributed by atoms with E-state index in [2.05, 4.69) is 5.32 Å². The maximum Gasteiger partial charge on any atom is 0.326 e. The number of carbonyl (C=O) groups is 2. The van der Waals surface area contributed by atoms with E-state index < -0.39 is 32.5 Å². The average molecular weight is 567 g/mol. The van der Waals surface area contributed by atoms with Gasteiger partial charge in [0.15, 0.2) is 14.6 Å². The Bertz CT molecular complexity index is 1430. The number of likely N-dealkylation sites (tertiary alicyclic amines) is 1. The molecule has 3 aromatic rings. The number of methoxy groups -OCH3 is 2. The summed E-state index contributed by atoms with van der Waals surface area (Å²) in [5, 5.41) is 12.6. The standard InChI is InChI=1S/C30H34N2O7S/c1-32-18-16-30(17-19-32,40(36,37)23-8-5-4-6-9-23)29(35)31-24(28(33)34)20-21-12-14-22(15-13-21)27-25(38-2)10-7-11-26(27)39-3/h4-15,24H,16-20H2,1-3H3,(H,31,35)(H,33,34)/t24-/m0/s1. The molecule has 10 heteroatoms. The zero-order valence-corrected chi connectivity index (χ0v) is 23.6. The summed E-state index contributed by atoms with van der Waals surface area (Å²) in [6.45, 7) is 0.788. The van der Waals surface area contributed by atoms with Crippen LogP contribution in [0.25, 0.3) is 11.1 Å². The molecular weight excluding hydrogens is 532 g/mol. The van der Waals surface area contributed by atoms with Crippen LogP contribution in [-0.4, -0.2) is 75.4 Å². The van der Waals surface area contributed by atoms with Gasteiger partial charge in [-0.05, 0) is 68.4 Å². The summed E-state index contributed by atoms with van der Waals surface area (Å²) in [7, 11) is 0.910. The van der Waals surface area contributed by atoms with Crippen LogP contribution in [0, 0.1) is 0 Å². The van der Waals surface area contributed by atoms with Crippen molar-refractivity contribution in [3.05, 3.63) is 78.4 Å². The lowest BCUT2D eigenvalue weighted by Gasteiger charge is -2.39. The first-order valence-electron chi connectivity index (χ1n) is 13.0. The number of piperidine rings is 1. The molecule has 4 rings (SSSR count). The molecule has 1 aliphatic rings. The Hall–Kier alpha value is -3.89. The van der Waals surface area contributed by atoms with Gasteiger partial charge in [-0.3, -0.25) is 4.79 Å². The molecule has 1 fully saturated rings. The molecule has 9 nitrogen and oxygen atoms in total. The Labute approximate surface area is 234 Å². The van der Waals surface area contributed by atoms with Gasteiger partial charge in [-0.1, -0.05) is 48.5 Å². The van der Waals surface area contributed by atoms with E-state index in [-0.39, 0.29) is 24.2 Å². The number of carboxylic acid groups (broad SMARTS) is 1. The molecule has 0 unspecified atom stereocenters. The molecular formula is C30H34N2O7S. The normalized spacial score (nSPS) is 16.1. The predicted octanol–water partition coefficient (Wildman–Crippen LogP) is 3.42. The number of nitrogens with zero attached hydrogens (tertiary/aromatic N) is 1. The van der Waals surface area contributed by atoms with Gasteiger partial charge in [-0.2, -0.15) is 0 Å². The second kappa shape index (κ2) is 12.1. The van der Waals surface area contributed by atoms with Crippen molar-refractivity contribution in [1.29, 1.82) is 0 Å². The fourth-order valence-corrected chi connectivity index (χ4v) is 7.08. The van der Waals surface area contributed by atoms with E-state index in [9.17, 15) is 23.1 Å². The van der Waals surface area contributed by atoms with Crippen LogP contribution in [0.1, 0.15) is 18.4 Å². The minimum absolute atomic E-state index is 0.0220. The van der Waals surface area contributed by atoms with E-state index >= 15 is 0 Å². The first-order chi connectivity index (χ1) is 19.1. The Kier molecular flexibility index (Phi) is 8.80. The molecule has 0 saturated carbocycles. The van der Waals surface area contributed by atoms with Crippen LogP contribution in [0.15, 0.2) is 77.7 Å². The third-order valence-corrected chi connectivity index (χ3v) is 10.0. The Morgan fingerprint density at radius 2 is 1.50 bits per heavy atom. The van der Waals surface area contributed by atoms with E-state index in [1.54, 1.807) is 44.6 Å². The molecule has 1 aliphatic heterocycles. The molecule has 1 heterocycles. The van der Waals surface area contributed by atoms with Crippen LogP contribution < -0.4 is 14.8 Å². The highest BCUT2D eigenvalue weighted by Gasteiger charge is 2.53. The fourth-order valence-electron chi connectivity index (χ4n) is 5.09. The Morgan fingerprint density at radius 3 is 2.02 bits per heavy atom. The number of sulfone groups is 1. The van der Waals surface area contributed by atoms with Gasteiger partial charge in [0.1, 0.15) is 17.5 Å². The van der Waals surface area contributed by atoms with Crippen molar-refractivity contribution in [2.75, 3.05) is 34.4 Å². The topological polar surface area (TPSA) is 122 Å². The van der Waals surface area contributed by atoms with Crippen molar-refractivity contribution in [2.45, 2.75) is 34.9 Å². The third-order valence-electron chi connectivity index (χ3n) is 7.49. The molecule has 0 radical (unpaired) electrons. The number of rotatable bonds is 10. The third kappa shape index (κ3) is 5.68. The zero-order valence-electron chi connectivity index (χ0n) is 22.8. The van der Waals surface area contributed by atoms with Crippen molar-refractivity contribution >= 4 is 21.7 Å². The summed E-state index contributed by atoms with van der Waals surface area (Å²) in [5.74, 6) is -0.770. The summed E-state index contributed by atoms with van der Waals surface area (Å²) >= 11 is 0. The lowest BCUT2D eigenvalue weighted by atomic mass is 9.94. The van der Waals surface area contributed by atoms with Crippen molar-refractivity contribution < 1.29 is 32.6 Å². The van der Waals surface area contributed by atoms with Gasteiger partial charge in [-0.15, -0.1) is 0 Å². The minimum atomic E-state index is -4.10. The van der Waals surface area contributed by atoms with Gasteiger partial charge in [0, 0.05) is 6.42 Å². The molecule has 0 aliphatic carbocycles. The largest absolute Gasteiger partial charge is 0.496 e. The van der Waals surface area contributed by atoms with Crippen molar-refractivity contribution in [3.8, 4) is 22.6 Å². The molecule has 1 atom stereocenters. The van der Waals surface area contributed by atoms with Crippen molar-refractivity contribution in [3.63, 3.8) is 0 Å². The Balaban J connectivity index is 1.60. The van der Waals surface area contributed by atoms with Crippen molar-refractivity contribution in [1.82, 2.24) is 10.2 Å². The van der Waals surface area contributed by atoms with Crippen LogP contribution in [0.5, 0.6) is 11.5 Å². The summed E-state index contributed by atoms with van der Waals surface area (Å²) in [6, 6.07) is 19.2. The lowest BCUT2D eigenvalue weighted by molar-refractivity contribution is -0.142. The molecule has 0 bridgehead atoms. The van der Waals surface area contributed by atoms with Crippen LogP contribution in [0.4, 0.5) is 0 Å². The van der Waals surface area contributed by atoms with Gasteiger partial charge < -0.3 is 24.8 Å². The highest BCUT2D eigenvalue weighted by atomic mass is 32.2. The van der Waals surface area contributed by atoms with Gasteiger partial charge >= 0.3 is 5.97 Å². The SMILES string of the molecule is COc1cccc(OC)c1-c1ccc(C[C@H](NC(=O)C2(S(=O)(=O)c3ccccc3)CCN(C)CC2)C(=O)O)cc1. The number of nitrogens with one attached hydrogen (secondary N) is 1. The number of hydrogen-bond acceptors (Lipinski definition) is 7. The second-order valence-corrected chi connectivity index (χ2v) is 12.2. The number of aliphatic carboxylic acids is 1. The van der Waals surface area contributed by atoms with Crippen LogP contribution in [0.3, 0.4) is 0 Å². The summed E-state index contributed by atoms with van der Waals surface area (Å²) < 4.78 is 36.8. The first-order valence-corrected chi connectivity index (χ1v) is 14.4. The van der Waals surface area contributed by atoms with E-state index in [1.807, 2.05) is 42.3 Å². The maximum atomic E-state index is 13.8. The average Bonchev–Trinajstić information content (AvgIpc) is 2.97. The highest BCUT2D eigenvalue weighted by Crippen LogP contribution is 2.38. The first kappa shape index (κ1) is 29.1. The van der Waals surface area contributed by atoms with E-state index in [0.29, 0.717) is 30.2 Å². The number of amides is 1. The fraction of sp³-hybridized carbons (Fsp3) is 0.333. The van der Waals surface area contributed by atoms with Gasteiger partial charge in [0.2, 0.25) is 5.91 Å². The molecule has 0 aromatic heterocycles. The number of carboxylic acids is 1. The van der Waals surface area contributed by atoms with Gasteiger partial charge in [0.05, 0.1) is 24.7 Å². The number of benzene rings is 3. The van der Waals surface area contributed by atoms with Crippen LogP contribution in [-0.2, 0) is 25.8 Å². The Morgan fingerprint density at radius 1 is 0.925 bits per heavy atom. The lowest BCUT2D eigenvalue weighted by Crippen LogP contribution is -2.60. The smallest absolute Gasteiger partial charge is 0.326 e. The maximum absolute atomic E-state index is 13.8. The van der Waals surface area contributed by atoms with Gasteiger partial charge in [-0.25, -0.2) is 13.2 Å². The molecule has 3 aromatic carbocycles. The van der Waals surface area contributed by atoms with Gasteiger partial charge in [0.25, 0.3) is 0 Å². The molecule has 1 saturated heterocycles. The quantitative estimate of drug-likeness (QED) is 0.383. The zero-order chi connectivity index (χ0) is 28.9. The van der Waals surface area contributed by atoms with E-state index in [0.717, 1.165) is 11.1 Å². The molecule has 212 valence electrons. The summed E-state index contributed by atoms with van der Waals surface area (Å²) in [6.07, 6.45) is 0.106. The number of carbonyl (C=O) groups excluding carboxylic acids is 1. The number of ether oxygens (including phenoxy) is 2. The molecule has 2 N–H and O–H groups in total. The van der Waals surface area contributed by atoms with E-state index in [1.165, 1.54) is 12.1 Å². The predicted molar refractivity (Wildman–Crippen MR) is 151 cm³/mol. The molecule has 40 heavy (non-hydrogen) atoms. The molecule has 0 spiro atoms. The molecule has 1 amide bonds. The monoisotopic (exact) mass is 566 g/mol. The summed E-state index contributed by atoms with van der Waals surface area (Å²) in [4.78, 5) is 28.0. The van der Waals surface area contributed by atoms with E-state index in [4.69, 9.17) is 9.47 Å². The highest BCUT2D eigenvalue weighted by molar-refractivity contribution is 7.93. The summed E-state index contributed by atoms with van der Waals surface area (Å²) in [5.41, 5.74) is 2.24. The van der Waals surface area contributed by atoms with Crippen LogP contribution in [0.2, 0.25) is 0 Å².